The minimum Gasteiger partial charge on any atom is -0.494 e. The second-order valence-corrected chi connectivity index (χ2v) is 4.31. The van der Waals surface area contributed by atoms with Crippen molar-refractivity contribution in [3.05, 3.63) is 24.3 Å². The highest BCUT2D eigenvalue weighted by molar-refractivity contribution is 5.93. The molecule has 5 nitrogen and oxygen atoms in total. The second-order valence-electron chi connectivity index (χ2n) is 4.31. The molecule has 0 heterocycles. The van der Waals surface area contributed by atoms with E-state index >= 15 is 0 Å². The summed E-state index contributed by atoms with van der Waals surface area (Å²) in [6, 6.07) is 7.66. The van der Waals surface area contributed by atoms with Crippen LogP contribution in [0.1, 0.15) is 20.8 Å². The minimum absolute atomic E-state index is 0.496. The average Bonchev–Trinajstić information content (AvgIpc) is 2.36. The molecule has 0 fully saturated rings. The molecular weight excluding hydrogens is 228 g/mol. The molecule has 0 bridgehead atoms. The van der Waals surface area contributed by atoms with Crippen molar-refractivity contribution in [1.82, 2.24) is 5.43 Å². The highest BCUT2D eigenvalue weighted by Crippen LogP contribution is 2.15. The summed E-state index contributed by atoms with van der Waals surface area (Å²) >= 11 is 0. The molecule has 1 rings (SSSR count). The van der Waals surface area contributed by atoms with Gasteiger partial charge in [-0.25, -0.2) is 5.84 Å². The first-order valence-corrected chi connectivity index (χ1v) is 6.16. The van der Waals surface area contributed by atoms with Crippen LogP contribution in [0, 0.1) is 5.92 Å². The van der Waals surface area contributed by atoms with Crippen molar-refractivity contribution in [3.8, 4) is 5.75 Å². The lowest BCUT2D eigenvalue weighted by molar-refractivity contribution is 0.340. The quantitative estimate of drug-likeness (QED) is 0.323. The van der Waals surface area contributed by atoms with E-state index in [0.29, 0.717) is 18.5 Å². The van der Waals surface area contributed by atoms with Gasteiger partial charge in [-0.2, -0.15) is 0 Å². The molecule has 0 spiro atoms. The zero-order valence-corrected chi connectivity index (χ0v) is 11.2. The number of rotatable bonds is 5. The largest absolute Gasteiger partial charge is 0.494 e. The third-order valence-corrected chi connectivity index (χ3v) is 2.18. The van der Waals surface area contributed by atoms with Crippen molar-refractivity contribution in [3.63, 3.8) is 0 Å². The van der Waals surface area contributed by atoms with E-state index in [4.69, 9.17) is 10.6 Å². The average molecular weight is 250 g/mol. The Morgan fingerprint density at radius 2 is 2.00 bits per heavy atom. The highest BCUT2D eigenvalue weighted by atomic mass is 16.5. The first kappa shape index (κ1) is 14.3. The Balaban J connectivity index is 2.61. The van der Waals surface area contributed by atoms with Crippen LogP contribution in [0.2, 0.25) is 0 Å². The number of hydrogen-bond acceptors (Lipinski definition) is 3. The van der Waals surface area contributed by atoms with Gasteiger partial charge in [0.15, 0.2) is 0 Å². The van der Waals surface area contributed by atoms with Crippen molar-refractivity contribution >= 4 is 11.6 Å². The predicted octanol–water partition coefficient (Wildman–Crippen LogP) is 1.97. The van der Waals surface area contributed by atoms with Crippen LogP contribution in [0.25, 0.3) is 0 Å². The lowest BCUT2D eigenvalue weighted by atomic mass is 10.2. The molecule has 4 N–H and O–H groups in total. The fourth-order valence-corrected chi connectivity index (χ4v) is 1.33. The van der Waals surface area contributed by atoms with Crippen LogP contribution in [-0.4, -0.2) is 19.1 Å². The SMILES string of the molecule is CCOc1ccc(NC(=NCC(C)C)NN)cc1. The van der Waals surface area contributed by atoms with Gasteiger partial charge >= 0.3 is 0 Å². The zero-order valence-electron chi connectivity index (χ0n) is 11.2. The van der Waals surface area contributed by atoms with E-state index < -0.39 is 0 Å². The summed E-state index contributed by atoms with van der Waals surface area (Å²) in [4.78, 5) is 4.33. The van der Waals surface area contributed by atoms with Crippen LogP contribution in [0.5, 0.6) is 5.75 Å². The first-order chi connectivity index (χ1) is 8.65. The van der Waals surface area contributed by atoms with Gasteiger partial charge in [-0.1, -0.05) is 13.8 Å². The molecule has 0 saturated heterocycles. The van der Waals surface area contributed by atoms with Crippen molar-refractivity contribution < 1.29 is 4.74 Å². The summed E-state index contributed by atoms with van der Waals surface area (Å²) < 4.78 is 5.37. The van der Waals surface area contributed by atoms with Crippen molar-refractivity contribution in [1.29, 1.82) is 0 Å². The van der Waals surface area contributed by atoms with Gasteiger partial charge in [-0.05, 0) is 37.1 Å². The number of nitrogens with one attached hydrogen (secondary N) is 2. The molecule has 0 radical (unpaired) electrons. The maximum Gasteiger partial charge on any atom is 0.210 e. The van der Waals surface area contributed by atoms with Crippen molar-refractivity contribution in [2.24, 2.45) is 16.8 Å². The number of hydrogen-bond donors (Lipinski definition) is 3. The third kappa shape index (κ3) is 5.05. The molecule has 0 aliphatic carbocycles. The monoisotopic (exact) mass is 250 g/mol. The van der Waals surface area contributed by atoms with E-state index in [1.165, 1.54) is 0 Å². The number of anilines is 1. The predicted molar refractivity (Wildman–Crippen MR) is 75.7 cm³/mol. The van der Waals surface area contributed by atoms with E-state index in [9.17, 15) is 0 Å². The van der Waals surface area contributed by atoms with E-state index in [2.05, 4.69) is 29.6 Å². The normalized spacial score (nSPS) is 11.5. The number of hydrazine groups is 1. The summed E-state index contributed by atoms with van der Waals surface area (Å²) in [5.41, 5.74) is 3.47. The highest BCUT2D eigenvalue weighted by Gasteiger charge is 1.99. The van der Waals surface area contributed by atoms with Crippen molar-refractivity contribution in [2.75, 3.05) is 18.5 Å². The lowest BCUT2D eigenvalue weighted by Crippen LogP contribution is -2.36. The van der Waals surface area contributed by atoms with Crippen molar-refractivity contribution in [2.45, 2.75) is 20.8 Å². The Morgan fingerprint density at radius 1 is 1.33 bits per heavy atom. The number of nitrogens with two attached hydrogens (primary N) is 1. The number of ether oxygens (including phenoxy) is 1. The minimum atomic E-state index is 0.496. The van der Waals surface area contributed by atoms with Crippen LogP contribution >= 0.6 is 0 Å². The zero-order chi connectivity index (χ0) is 13.4. The molecule has 1 aromatic rings. The molecule has 1 aromatic carbocycles. The Hall–Kier alpha value is -1.75. The van der Waals surface area contributed by atoms with Crippen LogP contribution in [-0.2, 0) is 0 Å². The molecule has 18 heavy (non-hydrogen) atoms. The van der Waals surface area contributed by atoms with Crippen LogP contribution in [0.15, 0.2) is 29.3 Å². The smallest absolute Gasteiger partial charge is 0.210 e. The Kier molecular flexibility index (Phi) is 6.00. The topological polar surface area (TPSA) is 71.7 Å². The molecule has 5 heteroatoms. The number of guanidine groups is 1. The van der Waals surface area contributed by atoms with Crippen LogP contribution < -0.4 is 21.3 Å². The number of aliphatic imine (C=N–C) groups is 1. The number of nitrogens with zero attached hydrogens (tertiary/aromatic N) is 1. The maximum absolute atomic E-state index is 5.42. The first-order valence-electron chi connectivity index (χ1n) is 6.16. The Bertz CT molecular complexity index is 373. The van der Waals surface area contributed by atoms with E-state index in [1.807, 2.05) is 31.2 Å². The molecule has 0 aliphatic heterocycles. The Morgan fingerprint density at radius 3 is 2.50 bits per heavy atom. The molecular formula is C13H22N4O. The molecule has 0 atom stereocenters. The summed E-state index contributed by atoms with van der Waals surface area (Å²) in [5, 5.41) is 3.11. The third-order valence-electron chi connectivity index (χ3n) is 2.18. The van der Waals surface area contributed by atoms with E-state index in [-0.39, 0.29) is 0 Å². The molecule has 0 unspecified atom stereocenters. The lowest BCUT2D eigenvalue weighted by Gasteiger charge is -2.10. The summed E-state index contributed by atoms with van der Waals surface area (Å²) in [6.07, 6.45) is 0. The molecule has 0 aromatic heterocycles. The molecule has 0 saturated carbocycles. The molecule has 100 valence electrons. The fourth-order valence-electron chi connectivity index (χ4n) is 1.33. The van der Waals surface area contributed by atoms with Crippen LogP contribution in [0.3, 0.4) is 0 Å². The van der Waals surface area contributed by atoms with E-state index in [1.54, 1.807) is 0 Å². The van der Waals surface area contributed by atoms with Gasteiger partial charge in [0.05, 0.1) is 6.61 Å². The van der Waals surface area contributed by atoms with Gasteiger partial charge in [0.1, 0.15) is 5.75 Å². The van der Waals surface area contributed by atoms with E-state index in [0.717, 1.165) is 18.0 Å². The second kappa shape index (κ2) is 7.55. The van der Waals surface area contributed by atoms with Gasteiger partial charge in [0.25, 0.3) is 0 Å². The van der Waals surface area contributed by atoms with Gasteiger partial charge < -0.3 is 10.1 Å². The summed E-state index contributed by atoms with van der Waals surface area (Å²) in [6.45, 7) is 7.56. The standard InChI is InChI=1S/C13H22N4O/c1-4-18-12-7-5-11(6-8-12)16-13(17-14)15-9-10(2)3/h5-8,10H,4,9,14H2,1-3H3,(H2,15,16,17). The number of benzene rings is 1. The fraction of sp³-hybridized carbons (Fsp3) is 0.462. The summed E-state index contributed by atoms with van der Waals surface area (Å²) in [7, 11) is 0. The molecule has 0 amide bonds. The Labute approximate surface area is 108 Å². The van der Waals surface area contributed by atoms with Gasteiger partial charge in [-0.15, -0.1) is 0 Å². The van der Waals surface area contributed by atoms with Gasteiger partial charge in [0, 0.05) is 12.2 Å². The van der Waals surface area contributed by atoms with Crippen LogP contribution in [0.4, 0.5) is 5.69 Å². The maximum atomic E-state index is 5.42. The van der Waals surface area contributed by atoms with Gasteiger partial charge in [0.2, 0.25) is 5.96 Å². The summed E-state index contributed by atoms with van der Waals surface area (Å²) in [5.74, 6) is 7.33. The van der Waals surface area contributed by atoms with Gasteiger partial charge in [-0.3, -0.25) is 10.4 Å². The molecule has 0 aliphatic rings.